The van der Waals surface area contributed by atoms with Gasteiger partial charge in [0.2, 0.25) is 5.91 Å². The van der Waals surface area contributed by atoms with Crippen molar-refractivity contribution in [3.05, 3.63) is 95.6 Å². The molecule has 3 aromatic rings. The monoisotopic (exact) mass is 471 g/mol. The van der Waals surface area contributed by atoms with Crippen LogP contribution in [-0.2, 0) is 22.6 Å². The summed E-state index contributed by atoms with van der Waals surface area (Å²) in [7, 11) is 0. The first-order chi connectivity index (χ1) is 17.0. The van der Waals surface area contributed by atoms with Crippen molar-refractivity contribution < 1.29 is 14.3 Å². The average molecular weight is 472 g/mol. The van der Waals surface area contributed by atoms with E-state index in [1.54, 1.807) is 12.1 Å². The second kappa shape index (κ2) is 11.8. The number of benzene rings is 3. The molecule has 1 aliphatic heterocycles. The van der Waals surface area contributed by atoms with E-state index in [1.807, 2.05) is 54.6 Å². The summed E-state index contributed by atoms with van der Waals surface area (Å²) in [5, 5.41) is 5.56. The van der Waals surface area contributed by atoms with E-state index in [9.17, 15) is 9.59 Å². The number of carbonyl (C=O) groups is 2. The van der Waals surface area contributed by atoms with Gasteiger partial charge in [-0.2, -0.15) is 0 Å². The van der Waals surface area contributed by atoms with Crippen LogP contribution in [0.3, 0.4) is 0 Å². The molecule has 0 bridgehead atoms. The molecule has 1 fully saturated rings. The summed E-state index contributed by atoms with van der Waals surface area (Å²) in [6.45, 7) is 7.34. The smallest absolute Gasteiger partial charge is 0.251 e. The van der Waals surface area contributed by atoms with E-state index < -0.39 is 0 Å². The molecule has 4 rings (SSSR count). The fourth-order valence-corrected chi connectivity index (χ4v) is 4.40. The van der Waals surface area contributed by atoms with Crippen molar-refractivity contribution in [1.29, 1.82) is 0 Å². The van der Waals surface area contributed by atoms with Gasteiger partial charge in [-0.3, -0.25) is 14.5 Å². The largest absolute Gasteiger partial charge is 0.373 e. The summed E-state index contributed by atoms with van der Waals surface area (Å²) in [6, 6.07) is 25.6. The van der Waals surface area contributed by atoms with Gasteiger partial charge in [-0.1, -0.05) is 66.7 Å². The number of nitrogens with zero attached hydrogens (tertiary/aromatic N) is 1. The fourth-order valence-electron chi connectivity index (χ4n) is 4.40. The van der Waals surface area contributed by atoms with Crippen molar-refractivity contribution >= 4 is 11.8 Å². The molecule has 2 N–H and O–H groups in total. The third-order valence-corrected chi connectivity index (χ3v) is 6.08. The Morgan fingerprint density at radius 1 is 0.800 bits per heavy atom. The minimum atomic E-state index is -0.268. The number of nitrogens with one attached hydrogen (secondary N) is 2. The van der Waals surface area contributed by atoms with Crippen LogP contribution in [0.25, 0.3) is 11.1 Å². The van der Waals surface area contributed by atoms with E-state index in [2.05, 4.69) is 41.5 Å². The van der Waals surface area contributed by atoms with Gasteiger partial charge in [-0.25, -0.2) is 0 Å². The molecule has 2 atom stereocenters. The lowest BCUT2D eigenvalue weighted by molar-refractivity contribution is -0.120. The van der Waals surface area contributed by atoms with E-state index >= 15 is 0 Å². The summed E-state index contributed by atoms with van der Waals surface area (Å²) in [5.41, 5.74) is 4.93. The lowest BCUT2D eigenvalue weighted by atomic mass is 10.0. The van der Waals surface area contributed by atoms with Gasteiger partial charge in [0.25, 0.3) is 5.91 Å². The van der Waals surface area contributed by atoms with Gasteiger partial charge in [0.05, 0.1) is 18.8 Å². The van der Waals surface area contributed by atoms with Crippen LogP contribution in [0.2, 0.25) is 0 Å². The lowest BCUT2D eigenvalue weighted by Crippen LogP contribution is -2.44. The highest BCUT2D eigenvalue weighted by atomic mass is 16.5. The summed E-state index contributed by atoms with van der Waals surface area (Å²) in [6.07, 6.45) is 0.504. The molecular weight excluding hydrogens is 438 g/mol. The quantitative estimate of drug-likeness (QED) is 0.521. The summed E-state index contributed by atoms with van der Waals surface area (Å²) < 4.78 is 5.80. The zero-order valence-corrected chi connectivity index (χ0v) is 20.4. The Bertz CT molecular complexity index is 1100. The van der Waals surface area contributed by atoms with E-state index in [1.165, 1.54) is 5.56 Å². The molecule has 3 aromatic carbocycles. The van der Waals surface area contributed by atoms with Crippen molar-refractivity contribution in [3.8, 4) is 11.1 Å². The van der Waals surface area contributed by atoms with Crippen molar-refractivity contribution in [2.75, 3.05) is 19.6 Å². The Morgan fingerprint density at radius 3 is 2.06 bits per heavy atom. The van der Waals surface area contributed by atoms with Gasteiger partial charge in [0, 0.05) is 31.7 Å². The molecule has 0 radical (unpaired) electrons. The standard InChI is InChI=1S/C29H33N3O3/c1-21-18-32(19-22(2)35-21)20-24-10-8-23(9-11-24)16-30-28(33)17-31-29(34)27-14-12-26(13-15-27)25-6-4-3-5-7-25/h3-15,21-22H,16-20H2,1-2H3,(H,30,33)(H,31,34). The zero-order valence-electron chi connectivity index (χ0n) is 20.4. The number of amides is 2. The van der Waals surface area contributed by atoms with Gasteiger partial charge in [-0.05, 0) is 48.2 Å². The Kier molecular flexibility index (Phi) is 8.29. The molecule has 1 saturated heterocycles. The molecule has 2 amide bonds. The maximum absolute atomic E-state index is 12.4. The highest BCUT2D eigenvalue weighted by Gasteiger charge is 2.21. The van der Waals surface area contributed by atoms with Gasteiger partial charge in [0.15, 0.2) is 0 Å². The minimum absolute atomic E-state index is 0.0647. The Hall–Kier alpha value is -3.48. The van der Waals surface area contributed by atoms with Crippen LogP contribution in [0.4, 0.5) is 0 Å². The highest BCUT2D eigenvalue weighted by molar-refractivity contribution is 5.96. The Morgan fingerprint density at radius 2 is 1.40 bits per heavy atom. The first-order valence-electron chi connectivity index (χ1n) is 12.1. The molecule has 6 nitrogen and oxygen atoms in total. The van der Waals surface area contributed by atoms with Crippen LogP contribution >= 0.6 is 0 Å². The summed E-state index contributed by atoms with van der Waals surface area (Å²) in [5.74, 6) is -0.490. The van der Waals surface area contributed by atoms with Crippen molar-refractivity contribution in [1.82, 2.24) is 15.5 Å². The number of carbonyl (C=O) groups excluding carboxylic acids is 2. The zero-order chi connectivity index (χ0) is 24.6. The molecule has 182 valence electrons. The predicted molar refractivity (Wildman–Crippen MR) is 138 cm³/mol. The first kappa shape index (κ1) is 24.6. The maximum atomic E-state index is 12.4. The third kappa shape index (κ3) is 7.25. The molecule has 1 heterocycles. The number of hydrogen-bond acceptors (Lipinski definition) is 4. The summed E-state index contributed by atoms with van der Waals surface area (Å²) >= 11 is 0. The van der Waals surface area contributed by atoms with E-state index in [-0.39, 0.29) is 30.6 Å². The normalized spacial score (nSPS) is 18.1. The molecule has 0 aromatic heterocycles. The SMILES string of the molecule is CC1CN(Cc2ccc(CNC(=O)CNC(=O)c3ccc(-c4ccccc4)cc3)cc2)CC(C)O1. The molecule has 0 aliphatic carbocycles. The fraction of sp³-hybridized carbons (Fsp3) is 0.310. The van der Waals surface area contributed by atoms with Gasteiger partial charge in [0.1, 0.15) is 0 Å². The van der Waals surface area contributed by atoms with E-state index in [4.69, 9.17) is 4.74 Å². The number of ether oxygens (including phenoxy) is 1. The number of rotatable bonds is 8. The number of hydrogen-bond donors (Lipinski definition) is 2. The van der Waals surface area contributed by atoms with E-state index in [0.29, 0.717) is 12.1 Å². The van der Waals surface area contributed by atoms with Crippen LogP contribution < -0.4 is 10.6 Å². The van der Waals surface area contributed by atoms with E-state index in [0.717, 1.165) is 36.3 Å². The van der Waals surface area contributed by atoms with Gasteiger partial charge >= 0.3 is 0 Å². The maximum Gasteiger partial charge on any atom is 0.251 e. The molecule has 1 aliphatic rings. The second-order valence-corrected chi connectivity index (χ2v) is 9.17. The first-order valence-corrected chi connectivity index (χ1v) is 12.1. The number of morpholine rings is 1. The van der Waals surface area contributed by atoms with Crippen LogP contribution in [0, 0.1) is 0 Å². The van der Waals surface area contributed by atoms with Crippen LogP contribution in [0.1, 0.15) is 35.3 Å². The van der Waals surface area contributed by atoms with Gasteiger partial charge in [-0.15, -0.1) is 0 Å². The van der Waals surface area contributed by atoms with Crippen molar-refractivity contribution in [2.24, 2.45) is 0 Å². The highest BCUT2D eigenvalue weighted by Crippen LogP contribution is 2.19. The molecule has 2 unspecified atom stereocenters. The second-order valence-electron chi connectivity index (χ2n) is 9.17. The molecular formula is C29H33N3O3. The average Bonchev–Trinajstić information content (AvgIpc) is 2.87. The van der Waals surface area contributed by atoms with Gasteiger partial charge < -0.3 is 15.4 Å². The van der Waals surface area contributed by atoms with Crippen LogP contribution in [0.5, 0.6) is 0 Å². The predicted octanol–water partition coefficient (Wildman–Crippen LogP) is 4.01. The lowest BCUT2D eigenvalue weighted by Gasteiger charge is -2.35. The Labute approximate surface area is 207 Å². The summed E-state index contributed by atoms with van der Waals surface area (Å²) in [4.78, 5) is 27.1. The molecule has 0 saturated carbocycles. The topological polar surface area (TPSA) is 70.7 Å². The molecule has 35 heavy (non-hydrogen) atoms. The molecule has 6 heteroatoms. The van der Waals surface area contributed by atoms with Crippen molar-refractivity contribution in [2.45, 2.75) is 39.1 Å². The van der Waals surface area contributed by atoms with Crippen molar-refractivity contribution in [3.63, 3.8) is 0 Å². The van der Waals surface area contributed by atoms with Crippen LogP contribution in [0.15, 0.2) is 78.9 Å². The third-order valence-electron chi connectivity index (χ3n) is 6.08. The Balaban J connectivity index is 1.19. The van der Waals surface area contributed by atoms with Crippen LogP contribution in [-0.4, -0.2) is 48.6 Å². The molecule has 0 spiro atoms. The minimum Gasteiger partial charge on any atom is -0.373 e.